The Morgan fingerprint density at radius 2 is 2.09 bits per heavy atom. The Morgan fingerprint density at radius 3 is 2.82 bits per heavy atom. The second-order valence-corrected chi connectivity index (χ2v) is 5.88. The number of rotatable bonds is 4. The van der Waals surface area contributed by atoms with E-state index in [-0.39, 0.29) is 5.92 Å². The Labute approximate surface area is 128 Å². The maximum atomic E-state index is 12.1. The lowest BCUT2D eigenvalue weighted by molar-refractivity contribution is -0.140. The first-order chi connectivity index (χ1) is 10.6. The van der Waals surface area contributed by atoms with Crippen LogP contribution in [0.4, 0.5) is 10.5 Å². The van der Waals surface area contributed by atoms with E-state index in [1.807, 2.05) is 18.2 Å². The minimum Gasteiger partial charge on any atom is -0.480 e. The molecule has 0 radical (unpaired) electrons. The highest BCUT2D eigenvalue weighted by atomic mass is 16.5. The van der Waals surface area contributed by atoms with Crippen molar-refractivity contribution in [2.24, 2.45) is 5.92 Å². The van der Waals surface area contributed by atoms with Crippen molar-refractivity contribution < 1.29 is 19.4 Å². The van der Waals surface area contributed by atoms with Gasteiger partial charge in [-0.2, -0.15) is 0 Å². The van der Waals surface area contributed by atoms with Crippen molar-refractivity contribution in [2.45, 2.75) is 31.7 Å². The molecule has 0 saturated carbocycles. The fourth-order valence-corrected chi connectivity index (χ4v) is 3.15. The summed E-state index contributed by atoms with van der Waals surface area (Å²) in [5.74, 6) is -1.21. The predicted molar refractivity (Wildman–Crippen MR) is 81.0 cm³/mol. The van der Waals surface area contributed by atoms with E-state index in [2.05, 4.69) is 10.6 Å². The van der Waals surface area contributed by atoms with E-state index in [1.54, 1.807) is 0 Å². The number of anilines is 1. The second-order valence-electron chi connectivity index (χ2n) is 5.88. The number of benzene rings is 1. The van der Waals surface area contributed by atoms with E-state index in [9.17, 15) is 14.7 Å². The lowest BCUT2D eigenvalue weighted by Crippen LogP contribution is -2.47. The van der Waals surface area contributed by atoms with E-state index < -0.39 is 18.0 Å². The number of carbonyl (C=O) groups excluding carboxylic acids is 1. The normalized spacial score (nSPS) is 21.2. The van der Waals surface area contributed by atoms with Crippen molar-refractivity contribution in [3.8, 4) is 0 Å². The van der Waals surface area contributed by atoms with E-state index in [4.69, 9.17) is 4.74 Å². The minimum atomic E-state index is -1.03. The van der Waals surface area contributed by atoms with Gasteiger partial charge in [0, 0.05) is 18.2 Å². The molecule has 2 amide bonds. The molecular formula is C16H20N2O4. The maximum Gasteiger partial charge on any atom is 0.326 e. The van der Waals surface area contributed by atoms with Crippen LogP contribution < -0.4 is 10.6 Å². The van der Waals surface area contributed by atoms with E-state index in [0.29, 0.717) is 25.3 Å². The molecule has 2 atom stereocenters. The Balaban J connectivity index is 1.62. The zero-order chi connectivity index (χ0) is 15.5. The third-order valence-corrected chi connectivity index (χ3v) is 4.35. The minimum absolute atomic E-state index is 0.178. The molecule has 3 N–H and O–H groups in total. The number of carboxylic acid groups (broad SMARTS) is 1. The zero-order valence-electron chi connectivity index (χ0n) is 12.3. The van der Waals surface area contributed by atoms with Gasteiger partial charge in [-0.25, -0.2) is 9.59 Å². The molecule has 1 saturated heterocycles. The summed E-state index contributed by atoms with van der Waals surface area (Å²) in [5.41, 5.74) is 3.29. The summed E-state index contributed by atoms with van der Waals surface area (Å²) in [6.07, 6.45) is 3.91. The van der Waals surface area contributed by atoms with Crippen LogP contribution in [0.3, 0.4) is 0 Å². The van der Waals surface area contributed by atoms with E-state index in [1.165, 1.54) is 11.1 Å². The number of aliphatic carboxylic acids is 1. The average molecular weight is 304 g/mol. The molecule has 2 aliphatic rings. The number of carboxylic acids is 1. The number of fused-ring (bicyclic) bond motifs is 1. The molecule has 6 heteroatoms. The molecule has 1 fully saturated rings. The molecule has 0 aromatic heterocycles. The van der Waals surface area contributed by atoms with Crippen LogP contribution in [-0.4, -0.2) is 36.4 Å². The van der Waals surface area contributed by atoms with Crippen molar-refractivity contribution >= 4 is 17.7 Å². The van der Waals surface area contributed by atoms with Gasteiger partial charge in [0.05, 0.1) is 6.61 Å². The standard InChI is InChI=1S/C16H20N2O4/c19-15(20)14(12-6-7-22-9-12)18-16(21)17-13-5-4-10-2-1-3-11(10)8-13/h4-5,8,12,14H,1-3,6-7,9H2,(H,19,20)(H2,17,18,21)/t12-,14-/m1/s1. The quantitative estimate of drug-likeness (QED) is 0.791. The van der Waals surface area contributed by atoms with Crippen molar-refractivity contribution in [3.05, 3.63) is 29.3 Å². The summed E-state index contributed by atoms with van der Waals surface area (Å²) in [5, 5.41) is 14.5. The molecule has 0 bridgehead atoms. The van der Waals surface area contributed by atoms with Crippen LogP contribution in [0, 0.1) is 5.92 Å². The number of hydrogen-bond donors (Lipinski definition) is 3. The molecule has 22 heavy (non-hydrogen) atoms. The zero-order valence-corrected chi connectivity index (χ0v) is 12.3. The third kappa shape index (κ3) is 3.22. The van der Waals surface area contributed by atoms with Crippen LogP contribution in [0.25, 0.3) is 0 Å². The van der Waals surface area contributed by atoms with Crippen molar-refractivity contribution in [2.75, 3.05) is 18.5 Å². The highest BCUT2D eigenvalue weighted by molar-refractivity contribution is 5.92. The average Bonchev–Trinajstić information content (AvgIpc) is 3.15. The Morgan fingerprint density at radius 1 is 1.27 bits per heavy atom. The summed E-state index contributed by atoms with van der Waals surface area (Å²) in [6, 6.07) is 4.44. The molecule has 3 rings (SSSR count). The molecule has 1 aromatic rings. The number of nitrogens with one attached hydrogen (secondary N) is 2. The van der Waals surface area contributed by atoms with Gasteiger partial charge in [0.2, 0.25) is 0 Å². The third-order valence-electron chi connectivity index (χ3n) is 4.35. The number of aryl methyl sites for hydroxylation is 2. The second kappa shape index (κ2) is 6.36. The van der Waals surface area contributed by atoms with Gasteiger partial charge in [-0.05, 0) is 48.9 Å². The van der Waals surface area contributed by atoms with Gasteiger partial charge in [0.1, 0.15) is 6.04 Å². The smallest absolute Gasteiger partial charge is 0.326 e. The summed E-state index contributed by atoms with van der Waals surface area (Å²) in [6.45, 7) is 0.915. The van der Waals surface area contributed by atoms with E-state index >= 15 is 0 Å². The van der Waals surface area contributed by atoms with Gasteiger partial charge in [-0.1, -0.05) is 6.07 Å². The molecule has 1 aliphatic carbocycles. The summed E-state index contributed by atoms with van der Waals surface area (Å²) >= 11 is 0. The van der Waals surface area contributed by atoms with Crippen LogP contribution in [0.5, 0.6) is 0 Å². The summed E-state index contributed by atoms with van der Waals surface area (Å²) in [7, 11) is 0. The number of ether oxygens (including phenoxy) is 1. The lowest BCUT2D eigenvalue weighted by Gasteiger charge is -2.20. The van der Waals surface area contributed by atoms with Crippen molar-refractivity contribution in [1.82, 2.24) is 5.32 Å². The van der Waals surface area contributed by atoms with Gasteiger partial charge in [-0.15, -0.1) is 0 Å². The number of urea groups is 1. The van der Waals surface area contributed by atoms with Crippen LogP contribution >= 0.6 is 0 Å². The molecule has 1 heterocycles. The Bertz CT molecular complexity index is 582. The predicted octanol–water partition coefficient (Wildman–Crippen LogP) is 1.79. The van der Waals surface area contributed by atoms with Gasteiger partial charge in [0.25, 0.3) is 0 Å². The van der Waals surface area contributed by atoms with Gasteiger partial charge < -0.3 is 20.5 Å². The fraction of sp³-hybridized carbons (Fsp3) is 0.500. The van der Waals surface area contributed by atoms with E-state index in [0.717, 1.165) is 19.3 Å². The van der Waals surface area contributed by atoms with Crippen LogP contribution in [0.2, 0.25) is 0 Å². The van der Waals surface area contributed by atoms with Gasteiger partial charge in [0.15, 0.2) is 0 Å². The molecule has 6 nitrogen and oxygen atoms in total. The lowest BCUT2D eigenvalue weighted by atomic mass is 9.99. The van der Waals surface area contributed by atoms with Crippen LogP contribution in [-0.2, 0) is 22.4 Å². The molecular weight excluding hydrogens is 284 g/mol. The number of carbonyl (C=O) groups is 2. The first kappa shape index (κ1) is 14.8. The molecule has 1 aromatic carbocycles. The van der Waals surface area contributed by atoms with Crippen LogP contribution in [0.15, 0.2) is 18.2 Å². The SMILES string of the molecule is O=C(Nc1ccc2c(c1)CCC2)N[C@@H](C(=O)O)[C@@H]1CCOC1. The fourth-order valence-electron chi connectivity index (χ4n) is 3.15. The van der Waals surface area contributed by atoms with Gasteiger partial charge in [-0.3, -0.25) is 0 Å². The largest absolute Gasteiger partial charge is 0.480 e. The summed E-state index contributed by atoms with van der Waals surface area (Å²) < 4.78 is 5.20. The topological polar surface area (TPSA) is 87.7 Å². The highest BCUT2D eigenvalue weighted by Gasteiger charge is 2.32. The molecule has 1 aliphatic heterocycles. The molecule has 0 unspecified atom stereocenters. The van der Waals surface area contributed by atoms with Crippen molar-refractivity contribution in [1.29, 1.82) is 0 Å². The highest BCUT2D eigenvalue weighted by Crippen LogP contribution is 2.25. The first-order valence-electron chi connectivity index (χ1n) is 7.63. The molecule has 118 valence electrons. The maximum absolute atomic E-state index is 12.1. The van der Waals surface area contributed by atoms with Crippen LogP contribution in [0.1, 0.15) is 24.0 Å². The van der Waals surface area contributed by atoms with Gasteiger partial charge >= 0.3 is 12.0 Å². The Kier molecular flexibility index (Phi) is 4.29. The first-order valence-corrected chi connectivity index (χ1v) is 7.63. The summed E-state index contributed by atoms with van der Waals surface area (Å²) in [4.78, 5) is 23.4. The Hall–Kier alpha value is -2.08. The monoisotopic (exact) mass is 304 g/mol. The number of hydrogen-bond acceptors (Lipinski definition) is 3. The van der Waals surface area contributed by atoms with Crippen molar-refractivity contribution in [3.63, 3.8) is 0 Å². The molecule has 0 spiro atoms. The number of amides is 2.